The Kier molecular flexibility index (Phi) is 3.82. The molecule has 0 aromatic carbocycles. The lowest BCUT2D eigenvalue weighted by Crippen LogP contribution is -2.45. The molecular formula is C14H27NOS. The van der Waals surface area contributed by atoms with Crippen molar-refractivity contribution in [1.82, 2.24) is 4.72 Å². The molecule has 2 fully saturated rings. The molecule has 100 valence electrons. The van der Waals surface area contributed by atoms with Gasteiger partial charge in [-0.05, 0) is 46.5 Å². The van der Waals surface area contributed by atoms with E-state index in [9.17, 15) is 5.11 Å². The minimum atomic E-state index is -0.410. The highest BCUT2D eigenvalue weighted by molar-refractivity contribution is 7.99. The van der Waals surface area contributed by atoms with Gasteiger partial charge in [0.25, 0.3) is 0 Å². The van der Waals surface area contributed by atoms with Crippen molar-refractivity contribution in [3.63, 3.8) is 0 Å². The number of hydrogen-bond acceptors (Lipinski definition) is 3. The number of rotatable bonds is 3. The first-order valence-corrected chi connectivity index (χ1v) is 7.86. The molecular weight excluding hydrogens is 230 g/mol. The smallest absolute Gasteiger partial charge is 0.0806 e. The Morgan fingerprint density at radius 1 is 0.941 bits per heavy atom. The summed E-state index contributed by atoms with van der Waals surface area (Å²) in [6.07, 6.45) is 9.38. The second kappa shape index (κ2) is 4.75. The van der Waals surface area contributed by atoms with Gasteiger partial charge in [0.15, 0.2) is 0 Å². The van der Waals surface area contributed by atoms with Crippen LogP contribution in [-0.4, -0.2) is 21.0 Å². The predicted octanol–water partition coefficient (Wildman–Crippen LogP) is 3.64. The van der Waals surface area contributed by atoms with E-state index in [1.54, 1.807) is 0 Å². The van der Waals surface area contributed by atoms with Gasteiger partial charge in [0, 0.05) is 5.54 Å². The summed E-state index contributed by atoms with van der Waals surface area (Å²) in [6, 6.07) is 0. The Morgan fingerprint density at radius 3 is 1.88 bits per heavy atom. The summed E-state index contributed by atoms with van der Waals surface area (Å²) < 4.78 is 3.64. The van der Waals surface area contributed by atoms with E-state index in [4.69, 9.17) is 0 Å². The van der Waals surface area contributed by atoms with Gasteiger partial charge in [-0.15, -0.1) is 0 Å². The molecule has 0 unspecified atom stereocenters. The highest BCUT2D eigenvalue weighted by Gasteiger charge is 2.59. The van der Waals surface area contributed by atoms with Gasteiger partial charge in [0.1, 0.15) is 0 Å². The third-order valence-corrected chi connectivity index (χ3v) is 5.93. The summed E-state index contributed by atoms with van der Waals surface area (Å²) in [6.45, 7) is 6.56. The molecule has 2 saturated carbocycles. The fraction of sp³-hybridized carbons (Fsp3) is 1.00. The SMILES string of the molecule is CC(C)(C)NSC1(C2(O)CCCCCC2)CC1. The highest BCUT2D eigenvalue weighted by atomic mass is 32.2. The Labute approximate surface area is 110 Å². The highest BCUT2D eigenvalue weighted by Crippen LogP contribution is 2.58. The Morgan fingerprint density at radius 2 is 1.47 bits per heavy atom. The average molecular weight is 257 g/mol. The van der Waals surface area contributed by atoms with E-state index >= 15 is 0 Å². The molecule has 2 rings (SSSR count). The van der Waals surface area contributed by atoms with Gasteiger partial charge in [0.05, 0.1) is 10.3 Å². The van der Waals surface area contributed by atoms with Crippen molar-refractivity contribution in [1.29, 1.82) is 0 Å². The largest absolute Gasteiger partial charge is 0.388 e. The fourth-order valence-corrected chi connectivity index (χ4v) is 4.00. The first-order chi connectivity index (χ1) is 7.87. The Hall–Kier alpha value is 0.270. The van der Waals surface area contributed by atoms with Crippen LogP contribution in [0, 0.1) is 0 Å². The van der Waals surface area contributed by atoms with Crippen molar-refractivity contribution in [3.05, 3.63) is 0 Å². The molecule has 0 radical (unpaired) electrons. The summed E-state index contributed by atoms with van der Waals surface area (Å²) in [5.41, 5.74) is -0.284. The number of nitrogens with one attached hydrogen (secondary N) is 1. The van der Waals surface area contributed by atoms with E-state index < -0.39 is 5.60 Å². The van der Waals surface area contributed by atoms with Crippen LogP contribution < -0.4 is 4.72 Å². The number of hydrogen-bond donors (Lipinski definition) is 2. The summed E-state index contributed by atoms with van der Waals surface area (Å²) in [5, 5.41) is 11.0. The molecule has 0 aliphatic heterocycles. The summed E-state index contributed by atoms with van der Waals surface area (Å²) >= 11 is 1.81. The number of aliphatic hydroxyl groups is 1. The van der Waals surface area contributed by atoms with Gasteiger partial charge in [0.2, 0.25) is 0 Å². The lowest BCUT2D eigenvalue weighted by molar-refractivity contribution is 0.0149. The Bertz CT molecular complexity index is 260. The molecule has 3 heteroatoms. The van der Waals surface area contributed by atoms with Crippen molar-refractivity contribution in [2.45, 2.75) is 88.0 Å². The van der Waals surface area contributed by atoms with Gasteiger partial charge in [-0.3, -0.25) is 4.72 Å². The zero-order valence-corrected chi connectivity index (χ0v) is 12.3. The normalized spacial score (nSPS) is 27.5. The molecule has 0 spiro atoms. The zero-order valence-electron chi connectivity index (χ0n) is 11.5. The average Bonchev–Trinajstić information content (AvgIpc) is 2.99. The van der Waals surface area contributed by atoms with Gasteiger partial charge in [-0.25, -0.2) is 0 Å². The molecule has 2 aliphatic carbocycles. The van der Waals surface area contributed by atoms with Crippen molar-refractivity contribution in [2.75, 3.05) is 0 Å². The minimum absolute atomic E-state index is 0.116. The molecule has 2 aliphatic rings. The standard InChI is InChI=1S/C14H27NOS/c1-12(2,3)15-17-14(10-11-14)13(16)8-6-4-5-7-9-13/h15-16H,4-11H2,1-3H3. The molecule has 0 bridgehead atoms. The first kappa shape index (κ1) is 13.7. The molecule has 0 saturated heterocycles. The fourth-order valence-electron chi connectivity index (χ4n) is 2.80. The van der Waals surface area contributed by atoms with Gasteiger partial charge >= 0.3 is 0 Å². The molecule has 2 N–H and O–H groups in total. The maximum absolute atomic E-state index is 11.0. The van der Waals surface area contributed by atoms with Gasteiger partial charge in [-0.1, -0.05) is 37.6 Å². The van der Waals surface area contributed by atoms with Crippen LogP contribution in [0.3, 0.4) is 0 Å². The summed E-state index contributed by atoms with van der Waals surface area (Å²) in [7, 11) is 0. The quantitative estimate of drug-likeness (QED) is 0.598. The lowest BCUT2D eigenvalue weighted by atomic mass is 9.88. The van der Waals surface area contributed by atoms with E-state index in [0.717, 1.165) is 12.8 Å². The van der Waals surface area contributed by atoms with Crippen LogP contribution in [-0.2, 0) is 0 Å². The van der Waals surface area contributed by atoms with Crippen LogP contribution in [0.4, 0.5) is 0 Å². The maximum Gasteiger partial charge on any atom is 0.0806 e. The van der Waals surface area contributed by atoms with E-state index in [0.29, 0.717) is 0 Å². The van der Waals surface area contributed by atoms with E-state index in [2.05, 4.69) is 25.5 Å². The van der Waals surface area contributed by atoms with Crippen LogP contribution >= 0.6 is 11.9 Å². The van der Waals surface area contributed by atoms with Crippen LogP contribution in [0.25, 0.3) is 0 Å². The Balaban J connectivity index is 1.98. The molecule has 17 heavy (non-hydrogen) atoms. The summed E-state index contributed by atoms with van der Waals surface area (Å²) in [4.78, 5) is 0. The topological polar surface area (TPSA) is 32.3 Å². The van der Waals surface area contributed by atoms with Crippen LogP contribution in [0.5, 0.6) is 0 Å². The molecule has 0 amide bonds. The van der Waals surface area contributed by atoms with Crippen molar-refractivity contribution >= 4 is 11.9 Å². The second-order valence-corrected chi connectivity index (χ2v) is 8.08. The third-order valence-electron chi connectivity index (χ3n) is 4.04. The molecule has 2 nitrogen and oxygen atoms in total. The molecule has 0 aromatic rings. The predicted molar refractivity (Wildman–Crippen MR) is 75.1 cm³/mol. The van der Waals surface area contributed by atoms with Crippen LogP contribution in [0.2, 0.25) is 0 Å². The third kappa shape index (κ3) is 3.18. The van der Waals surface area contributed by atoms with Crippen molar-refractivity contribution in [3.8, 4) is 0 Å². The molecule has 0 atom stereocenters. The maximum atomic E-state index is 11.0. The minimum Gasteiger partial charge on any atom is -0.388 e. The molecule has 0 aromatic heterocycles. The second-order valence-electron chi connectivity index (χ2n) is 6.89. The zero-order chi connectivity index (χ0) is 12.6. The van der Waals surface area contributed by atoms with Crippen molar-refractivity contribution in [2.24, 2.45) is 0 Å². The van der Waals surface area contributed by atoms with Gasteiger partial charge < -0.3 is 5.11 Å². The van der Waals surface area contributed by atoms with E-state index in [1.165, 1.54) is 38.5 Å². The lowest BCUT2D eigenvalue weighted by Gasteiger charge is -2.37. The van der Waals surface area contributed by atoms with Crippen LogP contribution in [0.15, 0.2) is 0 Å². The summed E-state index contributed by atoms with van der Waals surface area (Å²) in [5.74, 6) is 0. The van der Waals surface area contributed by atoms with Crippen molar-refractivity contribution < 1.29 is 5.11 Å². The first-order valence-electron chi connectivity index (χ1n) is 7.05. The van der Waals surface area contributed by atoms with Crippen LogP contribution in [0.1, 0.15) is 72.1 Å². The van der Waals surface area contributed by atoms with Gasteiger partial charge in [-0.2, -0.15) is 0 Å². The van der Waals surface area contributed by atoms with E-state index in [1.807, 2.05) is 11.9 Å². The molecule has 0 heterocycles. The van der Waals surface area contributed by atoms with E-state index in [-0.39, 0.29) is 10.3 Å². The monoisotopic (exact) mass is 257 g/mol.